The predicted molar refractivity (Wildman–Crippen MR) is 113 cm³/mol. The van der Waals surface area contributed by atoms with Crippen LogP contribution in [0.2, 0.25) is 5.02 Å². The molecule has 1 unspecified atom stereocenters. The van der Waals surface area contributed by atoms with Gasteiger partial charge in [0.15, 0.2) is 0 Å². The highest BCUT2D eigenvalue weighted by Gasteiger charge is 2.27. The third-order valence-electron chi connectivity index (χ3n) is 5.04. The van der Waals surface area contributed by atoms with Crippen LogP contribution in [0, 0.1) is 12.7 Å². The zero-order valence-corrected chi connectivity index (χ0v) is 17.2. The summed E-state index contributed by atoms with van der Waals surface area (Å²) in [6, 6.07) is 10.6. The Morgan fingerprint density at radius 3 is 2.38 bits per heavy atom. The molecule has 1 aliphatic heterocycles. The number of piperazine rings is 1. The number of anilines is 2. The molecule has 0 spiro atoms. The van der Waals surface area contributed by atoms with Crippen molar-refractivity contribution in [1.82, 2.24) is 9.80 Å². The number of hydrogen-bond donors (Lipinski definition) is 2. The van der Waals surface area contributed by atoms with Crippen LogP contribution in [0.1, 0.15) is 12.5 Å². The molecular formula is C21H24ClFN4O2. The molecule has 0 aromatic heterocycles. The summed E-state index contributed by atoms with van der Waals surface area (Å²) in [6.45, 7) is 5.85. The van der Waals surface area contributed by atoms with Crippen molar-refractivity contribution in [3.63, 3.8) is 0 Å². The highest BCUT2D eigenvalue weighted by atomic mass is 35.5. The van der Waals surface area contributed by atoms with E-state index in [1.165, 1.54) is 12.1 Å². The lowest BCUT2D eigenvalue weighted by molar-refractivity contribution is -0.121. The zero-order valence-electron chi connectivity index (χ0n) is 16.4. The maximum Gasteiger partial charge on any atom is 0.321 e. The SMILES string of the molecule is Cc1ccc(NC(=O)N2CCN(C(C)C(=O)Nc3cccc(F)c3)CC2)cc1Cl. The standard InChI is InChI=1S/C21H24ClFN4O2/c1-14-6-7-18(13-19(14)22)25-21(29)27-10-8-26(9-11-27)15(2)20(28)24-17-5-3-4-16(23)12-17/h3-7,12-13,15H,8-11H2,1-2H3,(H,24,28)(H,25,29). The van der Waals surface area contributed by atoms with Crippen molar-refractivity contribution >= 4 is 34.9 Å². The second kappa shape index (κ2) is 9.24. The number of amides is 3. The first-order chi connectivity index (χ1) is 13.8. The van der Waals surface area contributed by atoms with Gasteiger partial charge < -0.3 is 15.5 Å². The second-order valence-corrected chi connectivity index (χ2v) is 7.50. The van der Waals surface area contributed by atoms with E-state index in [-0.39, 0.29) is 18.0 Å². The third kappa shape index (κ3) is 5.46. The van der Waals surface area contributed by atoms with Crippen LogP contribution in [0.15, 0.2) is 42.5 Å². The summed E-state index contributed by atoms with van der Waals surface area (Å²) < 4.78 is 13.3. The van der Waals surface area contributed by atoms with Crippen LogP contribution in [0.25, 0.3) is 0 Å². The van der Waals surface area contributed by atoms with E-state index in [9.17, 15) is 14.0 Å². The summed E-state index contributed by atoms with van der Waals surface area (Å²) in [7, 11) is 0. The summed E-state index contributed by atoms with van der Waals surface area (Å²) in [6.07, 6.45) is 0. The van der Waals surface area contributed by atoms with Crippen molar-refractivity contribution in [2.75, 3.05) is 36.8 Å². The van der Waals surface area contributed by atoms with Crippen molar-refractivity contribution < 1.29 is 14.0 Å². The average molecular weight is 419 g/mol. The molecule has 1 fully saturated rings. The van der Waals surface area contributed by atoms with Crippen LogP contribution in [-0.4, -0.2) is 54.0 Å². The Morgan fingerprint density at radius 1 is 1.03 bits per heavy atom. The number of urea groups is 1. The van der Waals surface area contributed by atoms with Crippen molar-refractivity contribution in [2.45, 2.75) is 19.9 Å². The van der Waals surface area contributed by atoms with Gasteiger partial charge in [-0.2, -0.15) is 0 Å². The number of nitrogens with one attached hydrogen (secondary N) is 2. The molecule has 3 rings (SSSR count). The Labute approximate surface area is 174 Å². The number of hydrogen-bond acceptors (Lipinski definition) is 3. The lowest BCUT2D eigenvalue weighted by Crippen LogP contribution is -2.54. The van der Waals surface area contributed by atoms with Gasteiger partial charge in [0.25, 0.3) is 0 Å². The lowest BCUT2D eigenvalue weighted by Gasteiger charge is -2.37. The molecule has 2 aromatic carbocycles. The van der Waals surface area contributed by atoms with E-state index >= 15 is 0 Å². The second-order valence-electron chi connectivity index (χ2n) is 7.09. The number of carbonyl (C=O) groups is 2. The monoisotopic (exact) mass is 418 g/mol. The minimum absolute atomic E-state index is 0.193. The zero-order chi connectivity index (χ0) is 21.0. The summed E-state index contributed by atoms with van der Waals surface area (Å²) >= 11 is 6.10. The number of benzene rings is 2. The van der Waals surface area contributed by atoms with Crippen LogP contribution in [0.3, 0.4) is 0 Å². The quantitative estimate of drug-likeness (QED) is 0.789. The molecule has 3 amide bonds. The van der Waals surface area contributed by atoms with E-state index in [4.69, 9.17) is 11.6 Å². The predicted octanol–water partition coefficient (Wildman–Crippen LogP) is 3.96. The number of nitrogens with zero attached hydrogens (tertiary/aromatic N) is 2. The van der Waals surface area contributed by atoms with Crippen molar-refractivity contribution in [3.8, 4) is 0 Å². The van der Waals surface area contributed by atoms with Gasteiger partial charge in [-0.05, 0) is 49.7 Å². The number of rotatable bonds is 4. The van der Waals surface area contributed by atoms with Gasteiger partial charge >= 0.3 is 6.03 Å². The Morgan fingerprint density at radius 2 is 1.72 bits per heavy atom. The average Bonchev–Trinajstić information content (AvgIpc) is 2.70. The van der Waals surface area contributed by atoms with Crippen LogP contribution < -0.4 is 10.6 Å². The Balaban J connectivity index is 1.50. The highest BCUT2D eigenvalue weighted by molar-refractivity contribution is 6.31. The van der Waals surface area contributed by atoms with Gasteiger partial charge in [0, 0.05) is 42.6 Å². The first kappa shape index (κ1) is 21.1. The normalized spacial score (nSPS) is 15.7. The van der Waals surface area contributed by atoms with Gasteiger partial charge in [-0.3, -0.25) is 9.69 Å². The van der Waals surface area contributed by atoms with Gasteiger partial charge in [-0.15, -0.1) is 0 Å². The molecule has 29 heavy (non-hydrogen) atoms. The molecular weight excluding hydrogens is 395 g/mol. The van der Waals surface area contributed by atoms with Crippen LogP contribution in [0.5, 0.6) is 0 Å². The molecule has 1 saturated heterocycles. The highest BCUT2D eigenvalue weighted by Crippen LogP contribution is 2.20. The number of carbonyl (C=O) groups excluding carboxylic acids is 2. The fourth-order valence-electron chi connectivity index (χ4n) is 3.16. The Hall–Kier alpha value is -2.64. The minimum atomic E-state index is -0.398. The van der Waals surface area contributed by atoms with Crippen molar-refractivity contribution in [3.05, 3.63) is 58.9 Å². The topological polar surface area (TPSA) is 64.7 Å². The molecule has 0 aliphatic carbocycles. The minimum Gasteiger partial charge on any atom is -0.325 e. The molecule has 1 atom stereocenters. The maximum absolute atomic E-state index is 13.3. The molecule has 154 valence electrons. The molecule has 1 aliphatic rings. The third-order valence-corrected chi connectivity index (χ3v) is 5.45. The molecule has 2 N–H and O–H groups in total. The number of halogens is 2. The fourth-order valence-corrected chi connectivity index (χ4v) is 3.34. The first-order valence-electron chi connectivity index (χ1n) is 9.46. The van der Waals surface area contributed by atoms with Crippen LogP contribution in [-0.2, 0) is 4.79 Å². The maximum atomic E-state index is 13.3. The van der Waals surface area contributed by atoms with Gasteiger partial charge in [0.2, 0.25) is 5.91 Å². The van der Waals surface area contributed by atoms with E-state index in [2.05, 4.69) is 10.6 Å². The largest absolute Gasteiger partial charge is 0.325 e. The van der Waals surface area contributed by atoms with E-state index in [1.807, 2.05) is 24.0 Å². The summed E-state index contributed by atoms with van der Waals surface area (Å²) in [5, 5.41) is 6.19. The molecule has 0 saturated carbocycles. The lowest BCUT2D eigenvalue weighted by atomic mass is 10.2. The van der Waals surface area contributed by atoms with Gasteiger partial charge in [0.05, 0.1) is 6.04 Å². The van der Waals surface area contributed by atoms with Gasteiger partial charge in [-0.1, -0.05) is 23.7 Å². The molecule has 2 aromatic rings. The fraction of sp³-hybridized carbons (Fsp3) is 0.333. The molecule has 0 radical (unpaired) electrons. The first-order valence-corrected chi connectivity index (χ1v) is 9.84. The van der Waals surface area contributed by atoms with Crippen molar-refractivity contribution in [2.24, 2.45) is 0 Å². The van der Waals surface area contributed by atoms with Gasteiger partial charge in [-0.25, -0.2) is 9.18 Å². The van der Waals surface area contributed by atoms with Crippen LogP contribution >= 0.6 is 11.6 Å². The summed E-state index contributed by atoms with van der Waals surface area (Å²) in [5.41, 5.74) is 2.02. The van der Waals surface area contributed by atoms with E-state index in [1.54, 1.807) is 30.0 Å². The molecule has 6 nitrogen and oxygen atoms in total. The van der Waals surface area contributed by atoms with E-state index < -0.39 is 5.82 Å². The van der Waals surface area contributed by atoms with Crippen LogP contribution in [0.4, 0.5) is 20.6 Å². The number of aryl methyl sites for hydroxylation is 1. The molecule has 1 heterocycles. The van der Waals surface area contributed by atoms with Crippen molar-refractivity contribution in [1.29, 1.82) is 0 Å². The van der Waals surface area contributed by atoms with E-state index in [0.717, 1.165) is 5.56 Å². The summed E-state index contributed by atoms with van der Waals surface area (Å²) in [5.74, 6) is -0.604. The Kier molecular flexibility index (Phi) is 6.71. The van der Waals surface area contributed by atoms with Gasteiger partial charge in [0.1, 0.15) is 5.82 Å². The van der Waals surface area contributed by atoms with E-state index in [0.29, 0.717) is 42.6 Å². The molecule has 0 bridgehead atoms. The smallest absolute Gasteiger partial charge is 0.321 e. The Bertz CT molecular complexity index is 900. The summed E-state index contributed by atoms with van der Waals surface area (Å²) in [4.78, 5) is 28.7. The molecule has 8 heteroatoms.